The van der Waals surface area contributed by atoms with E-state index in [-0.39, 0.29) is 11.6 Å². The van der Waals surface area contributed by atoms with Crippen LogP contribution >= 0.6 is 0 Å². The number of anilines is 1. The third kappa shape index (κ3) is 3.59. The Morgan fingerprint density at radius 3 is 2.32 bits per heavy atom. The average Bonchev–Trinajstić information content (AvgIpc) is 2.72. The van der Waals surface area contributed by atoms with E-state index in [9.17, 15) is 4.79 Å². The molecule has 7 rings (SSSR count). The highest BCUT2D eigenvalue weighted by molar-refractivity contribution is 5.76. The summed E-state index contributed by atoms with van der Waals surface area (Å²) < 4.78 is 0. The highest BCUT2D eigenvalue weighted by Gasteiger charge is 2.52. The van der Waals surface area contributed by atoms with Crippen LogP contribution in [0.5, 0.6) is 0 Å². The zero-order chi connectivity index (χ0) is 21.2. The maximum Gasteiger partial charge on any atom is 0.318 e. The van der Waals surface area contributed by atoms with E-state index in [1.807, 2.05) is 11.8 Å². The van der Waals surface area contributed by atoms with Crippen molar-refractivity contribution in [2.75, 3.05) is 44.7 Å². The van der Waals surface area contributed by atoms with Crippen molar-refractivity contribution in [3.63, 3.8) is 0 Å². The van der Waals surface area contributed by atoms with E-state index < -0.39 is 0 Å². The van der Waals surface area contributed by atoms with Crippen LogP contribution in [0, 0.1) is 24.7 Å². The Balaban J connectivity index is 1.20. The first-order chi connectivity index (χ1) is 15.0. The lowest BCUT2D eigenvalue weighted by Gasteiger charge is -2.57. The van der Waals surface area contributed by atoms with Gasteiger partial charge in [-0.25, -0.2) is 14.8 Å². The number of carbonyl (C=O) groups excluding carboxylic acids is 1. The van der Waals surface area contributed by atoms with Gasteiger partial charge in [-0.15, -0.1) is 0 Å². The molecule has 0 spiro atoms. The highest BCUT2D eigenvalue weighted by atomic mass is 16.2. The van der Waals surface area contributed by atoms with Crippen molar-refractivity contribution >= 4 is 11.8 Å². The van der Waals surface area contributed by atoms with Gasteiger partial charge < -0.3 is 20.0 Å². The minimum Gasteiger partial charge on any atom is -0.345 e. The number of rotatable bonds is 2. The second-order valence-corrected chi connectivity index (χ2v) is 11.3. The van der Waals surface area contributed by atoms with E-state index in [2.05, 4.69) is 17.3 Å². The van der Waals surface area contributed by atoms with Crippen molar-refractivity contribution in [1.29, 1.82) is 0 Å². The quantitative estimate of drug-likeness (QED) is 0.746. The Kier molecular flexibility index (Phi) is 4.67. The second-order valence-electron chi connectivity index (χ2n) is 11.3. The summed E-state index contributed by atoms with van der Waals surface area (Å²) in [4.78, 5) is 29.1. The Labute approximate surface area is 185 Å². The smallest absolute Gasteiger partial charge is 0.318 e. The number of urea groups is 1. The molecule has 168 valence electrons. The van der Waals surface area contributed by atoms with Crippen molar-refractivity contribution < 1.29 is 9.69 Å². The van der Waals surface area contributed by atoms with E-state index in [0.29, 0.717) is 6.54 Å². The molecule has 2 amide bonds. The van der Waals surface area contributed by atoms with Crippen LogP contribution in [-0.4, -0.2) is 66.2 Å². The summed E-state index contributed by atoms with van der Waals surface area (Å²) in [6.45, 7) is 7.71. The highest BCUT2D eigenvalue weighted by Crippen LogP contribution is 2.55. The number of aryl methyl sites for hydroxylation is 1. The van der Waals surface area contributed by atoms with Crippen molar-refractivity contribution in [3.8, 4) is 0 Å². The molecular weight excluding hydrogens is 388 g/mol. The van der Waals surface area contributed by atoms with Crippen LogP contribution in [-0.2, 0) is 13.0 Å². The van der Waals surface area contributed by atoms with Crippen molar-refractivity contribution in [2.24, 2.45) is 17.8 Å². The standard InChI is InChI=1S/C24H36N6O/c1-16-25-21-3-4-30(15-20(21)22(26-16)29-7-5-28(2)6-8-29)23(31)27-24-12-17-9-18(13-24)11-19(10-17)14-24/h17-19H,3-15H2,1-2H3,(H,27,31)/p+1. The molecular formula is C24H37N6O+. The van der Waals surface area contributed by atoms with Crippen molar-refractivity contribution in [1.82, 2.24) is 20.2 Å². The summed E-state index contributed by atoms with van der Waals surface area (Å²) in [6.07, 6.45) is 8.64. The number of nitrogens with one attached hydrogen (secondary N) is 2. The van der Waals surface area contributed by atoms with Gasteiger partial charge in [-0.05, 0) is 63.2 Å². The van der Waals surface area contributed by atoms with Gasteiger partial charge >= 0.3 is 6.03 Å². The van der Waals surface area contributed by atoms with Gasteiger partial charge in [-0.3, -0.25) is 0 Å². The lowest BCUT2D eigenvalue weighted by molar-refractivity contribution is -0.880. The monoisotopic (exact) mass is 425 g/mol. The second kappa shape index (κ2) is 7.32. The molecule has 7 nitrogen and oxygen atoms in total. The molecule has 4 aliphatic carbocycles. The summed E-state index contributed by atoms with van der Waals surface area (Å²) in [5, 5.41) is 3.57. The lowest BCUT2D eigenvalue weighted by Crippen LogP contribution is -3.12. The molecule has 4 bridgehead atoms. The molecule has 5 fully saturated rings. The number of hydrogen-bond acceptors (Lipinski definition) is 4. The Morgan fingerprint density at radius 2 is 1.68 bits per heavy atom. The van der Waals surface area contributed by atoms with Gasteiger partial charge in [0.2, 0.25) is 0 Å². The molecule has 1 saturated heterocycles. The minimum absolute atomic E-state index is 0.0684. The van der Waals surface area contributed by atoms with Gasteiger partial charge in [0, 0.05) is 24.1 Å². The first-order valence-electron chi connectivity index (χ1n) is 12.5. The van der Waals surface area contributed by atoms with Crippen LogP contribution in [0.2, 0.25) is 0 Å². The van der Waals surface area contributed by atoms with Crippen LogP contribution < -0.4 is 15.1 Å². The number of likely N-dealkylation sites (N-methyl/N-ethyl adjacent to an activating group) is 1. The van der Waals surface area contributed by atoms with Crippen LogP contribution in [0.4, 0.5) is 10.6 Å². The van der Waals surface area contributed by atoms with Crippen LogP contribution in [0.3, 0.4) is 0 Å². The van der Waals surface area contributed by atoms with E-state index in [4.69, 9.17) is 9.97 Å². The molecule has 6 aliphatic rings. The number of quaternary nitrogens is 1. The van der Waals surface area contributed by atoms with Gasteiger partial charge in [0.15, 0.2) is 0 Å². The molecule has 1 aromatic rings. The minimum atomic E-state index is 0.0684. The van der Waals surface area contributed by atoms with Crippen LogP contribution in [0.15, 0.2) is 0 Å². The van der Waals surface area contributed by atoms with E-state index in [1.54, 1.807) is 4.90 Å². The number of amides is 2. The molecule has 0 aromatic carbocycles. The maximum atomic E-state index is 13.4. The summed E-state index contributed by atoms with van der Waals surface area (Å²) in [7, 11) is 2.26. The fraction of sp³-hybridized carbons (Fsp3) is 0.792. The topological polar surface area (TPSA) is 65.8 Å². The Hall–Kier alpha value is -1.89. The molecule has 3 heterocycles. The predicted octanol–water partition coefficient (Wildman–Crippen LogP) is 1.16. The third-order valence-electron chi connectivity index (χ3n) is 8.76. The molecule has 7 heteroatoms. The van der Waals surface area contributed by atoms with E-state index in [0.717, 1.165) is 74.2 Å². The molecule has 0 unspecified atom stereocenters. The Morgan fingerprint density at radius 1 is 1.03 bits per heavy atom. The summed E-state index contributed by atoms with van der Waals surface area (Å²) >= 11 is 0. The first-order valence-corrected chi connectivity index (χ1v) is 12.5. The largest absolute Gasteiger partial charge is 0.345 e. The number of carbonyl (C=O) groups is 1. The van der Waals surface area contributed by atoms with E-state index >= 15 is 0 Å². The molecule has 0 atom stereocenters. The van der Waals surface area contributed by atoms with Gasteiger partial charge in [0.05, 0.1) is 45.5 Å². The fourth-order valence-corrected chi connectivity index (χ4v) is 7.62. The molecule has 1 aromatic heterocycles. The summed E-state index contributed by atoms with van der Waals surface area (Å²) in [6, 6.07) is 0.141. The molecule has 31 heavy (non-hydrogen) atoms. The van der Waals surface area contributed by atoms with Crippen molar-refractivity contribution in [3.05, 3.63) is 17.1 Å². The van der Waals surface area contributed by atoms with Gasteiger partial charge in [-0.1, -0.05) is 0 Å². The number of aromatic nitrogens is 2. The zero-order valence-electron chi connectivity index (χ0n) is 19.1. The SMILES string of the molecule is Cc1nc2c(c(N3CC[NH+](C)CC3)n1)CN(C(=O)NC13CC4CC(CC(C4)C1)C3)CC2. The summed E-state index contributed by atoms with van der Waals surface area (Å²) in [5.74, 6) is 4.46. The van der Waals surface area contributed by atoms with Crippen molar-refractivity contribution in [2.45, 2.75) is 64.0 Å². The van der Waals surface area contributed by atoms with Crippen LogP contribution in [0.25, 0.3) is 0 Å². The molecule has 2 aliphatic heterocycles. The summed E-state index contributed by atoms with van der Waals surface area (Å²) in [5.41, 5.74) is 2.39. The van der Waals surface area contributed by atoms with Gasteiger partial charge in [-0.2, -0.15) is 0 Å². The van der Waals surface area contributed by atoms with Gasteiger partial charge in [0.1, 0.15) is 11.6 Å². The number of nitrogens with zero attached hydrogens (tertiary/aromatic N) is 4. The molecule has 4 saturated carbocycles. The lowest BCUT2D eigenvalue weighted by atomic mass is 9.53. The number of hydrogen-bond donors (Lipinski definition) is 2. The maximum absolute atomic E-state index is 13.4. The Bertz CT molecular complexity index is 842. The normalized spacial score (nSPS) is 34.7. The first kappa shape index (κ1) is 19.8. The predicted molar refractivity (Wildman–Crippen MR) is 119 cm³/mol. The molecule has 0 radical (unpaired) electrons. The van der Waals surface area contributed by atoms with E-state index in [1.165, 1.54) is 44.1 Å². The van der Waals surface area contributed by atoms with Gasteiger partial charge in [0.25, 0.3) is 0 Å². The third-order valence-corrected chi connectivity index (χ3v) is 8.76. The average molecular weight is 426 g/mol. The zero-order valence-corrected chi connectivity index (χ0v) is 19.1. The molecule has 2 N–H and O–H groups in total. The number of fused-ring (bicyclic) bond motifs is 1. The fourth-order valence-electron chi connectivity index (χ4n) is 7.62. The van der Waals surface area contributed by atoms with Crippen LogP contribution in [0.1, 0.15) is 55.6 Å². The number of piperazine rings is 1.